The average molecular weight is 196 g/mol. The van der Waals surface area contributed by atoms with Gasteiger partial charge in [-0.1, -0.05) is 0 Å². The molecule has 0 amide bonds. The number of aryl methyl sites for hydroxylation is 1. The highest BCUT2D eigenvalue weighted by molar-refractivity contribution is 7.12. The second-order valence-electron chi connectivity index (χ2n) is 3.89. The van der Waals surface area contributed by atoms with Crippen molar-refractivity contribution in [2.24, 2.45) is 0 Å². The van der Waals surface area contributed by atoms with Gasteiger partial charge in [-0.25, -0.2) is 0 Å². The van der Waals surface area contributed by atoms with Crippen LogP contribution in [0.15, 0.2) is 0 Å². The molecule has 1 aliphatic carbocycles. The molecule has 2 nitrogen and oxygen atoms in total. The van der Waals surface area contributed by atoms with Gasteiger partial charge in [0.05, 0.1) is 12.2 Å². The van der Waals surface area contributed by atoms with Crippen LogP contribution in [0, 0.1) is 0 Å². The Hall–Kier alpha value is -0.380. The number of hydrogen-bond acceptors (Lipinski definition) is 3. The van der Waals surface area contributed by atoms with Gasteiger partial charge < -0.3 is 10.2 Å². The van der Waals surface area contributed by atoms with Crippen molar-refractivity contribution in [1.82, 2.24) is 0 Å². The topological polar surface area (TPSA) is 40.5 Å². The Labute approximate surface area is 80.8 Å². The second-order valence-corrected chi connectivity index (χ2v) is 5.03. The third kappa shape index (κ3) is 0.951. The normalized spacial score (nSPS) is 30.6. The molecule has 2 unspecified atom stereocenters. The predicted octanol–water partition coefficient (Wildman–Crippen LogP) is 1.71. The first-order valence-corrected chi connectivity index (χ1v) is 5.59. The summed E-state index contributed by atoms with van der Waals surface area (Å²) < 4.78 is 0. The minimum Gasteiger partial charge on any atom is -0.388 e. The molecule has 0 saturated heterocycles. The average Bonchev–Trinajstić information content (AvgIpc) is 2.62. The zero-order valence-corrected chi connectivity index (χ0v) is 8.10. The highest BCUT2D eigenvalue weighted by atomic mass is 32.1. The van der Waals surface area contributed by atoms with Gasteiger partial charge >= 0.3 is 0 Å². The van der Waals surface area contributed by atoms with Gasteiger partial charge in [-0.2, -0.15) is 0 Å². The largest absolute Gasteiger partial charge is 0.388 e. The maximum absolute atomic E-state index is 9.75. The zero-order chi connectivity index (χ0) is 9.00. The van der Waals surface area contributed by atoms with E-state index in [1.54, 1.807) is 11.3 Å². The summed E-state index contributed by atoms with van der Waals surface area (Å²) in [5.74, 6) is 0. The molecular formula is C10H12O2S. The molecule has 2 atom stereocenters. The minimum atomic E-state index is -0.311. The number of fused-ring (bicyclic) bond motifs is 5. The summed E-state index contributed by atoms with van der Waals surface area (Å²) in [5.41, 5.74) is 2.43. The lowest BCUT2D eigenvalue weighted by Crippen LogP contribution is -2.02. The van der Waals surface area contributed by atoms with Crippen LogP contribution in [0.25, 0.3) is 0 Å². The van der Waals surface area contributed by atoms with E-state index >= 15 is 0 Å². The highest BCUT2D eigenvalue weighted by Crippen LogP contribution is 2.47. The van der Waals surface area contributed by atoms with Crippen molar-refractivity contribution in [3.63, 3.8) is 0 Å². The first-order chi connectivity index (χ1) is 6.27. The van der Waals surface area contributed by atoms with E-state index in [2.05, 4.69) is 0 Å². The van der Waals surface area contributed by atoms with Crippen molar-refractivity contribution in [3.05, 3.63) is 20.9 Å². The molecule has 1 aliphatic heterocycles. The fourth-order valence-corrected chi connectivity index (χ4v) is 3.91. The van der Waals surface area contributed by atoms with E-state index in [-0.39, 0.29) is 12.2 Å². The first kappa shape index (κ1) is 7.97. The van der Waals surface area contributed by atoms with Crippen LogP contribution < -0.4 is 0 Å². The molecule has 0 aromatic carbocycles. The van der Waals surface area contributed by atoms with Gasteiger partial charge in [-0.3, -0.25) is 0 Å². The van der Waals surface area contributed by atoms with E-state index in [0.29, 0.717) is 0 Å². The summed E-state index contributed by atoms with van der Waals surface area (Å²) >= 11 is 1.71. The zero-order valence-electron chi connectivity index (χ0n) is 7.29. The summed E-state index contributed by atoms with van der Waals surface area (Å²) in [7, 11) is 0. The van der Waals surface area contributed by atoms with Gasteiger partial charge in [0.1, 0.15) is 0 Å². The van der Waals surface area contributed by atoms with E-state index in [0.717, 1.165) is 36.1 Å². The van der Waals surface area contributed by atoms with E-state index in [9.17, 15) is 10.2 Å². The van der Waals surface area contributed by atoms with Crippen LogP contribution in [0.2, 0.25) is 0 Å². The molecule has 0 radical (unpaired) electrons. The molecule has 13 heavy (non-hydrogen) atoms. The van der Waals surface area contributed by atoms with E-state index in [1.807, 2.05) is 0 Å². The molecule has 1 aromatic rings. The van der Waals surface area contributed by atoms with Crippen LogP contribution in [0.5, 0.6) is 0 Å². The van der Waals surface area contributed by atoms with Crippen molar-refractivity contribution in [1.29, 1.82) is 0 Å². The van der Waals surface area contributed by atoms with Gasteiger partial charge in [-0.05, 0) is 31.2 Å². The molecule has 0 saturated carbocycles. The Kier molecular flexibility index (Phi) is 1.57. The van der Waals surface area contributed by atoms with Gasteiger partial charge in [0.25, 0.3) is 0 Å². The number of hydrogen-bond donors (Lipinski definition) is 2. The molecule has 2 heterocycles. The molecule has 0 fully saturated rings. The summed E-state index contributed by atoms with van der Waals surface area (Å²) in [5, 5.41) is 19.5. The number of thiophene rings is 1. The van der Waals surface area contributed by atoms with E-state index in [4.69, 9.17) is 0 Å². The van der Waals surface area contributed by atoms with Gasteiger partial charge in [-0.15, -0.1) is 11.3 Å². The van der Waals surface area contributed by atoms with Crippen LogP contribution in [0.3, 0.4) is 0 Å². The fourth-order valence-electron chi connectivity index (χ4n) is 2.46. The van der Waals surface area contributed by atoms with E-state index in [1.165, 1.54) is 10.4 Å². The predicted molar refractivity (Wildman–Crippen MR) is 50.9 cm³/mol. The molecule has 2 aliphatic rings. The Morgan fingerprint density at radius 1 is 1.08 bits per heavy atom. The molecule has 2 N–H and O–H groups in total. The van der Waals surface area contributed by atoms with Crippen molar-refractivity contribution in [3.8, 4) is 0 Å². The lowest BCUT2D eigenvalue weighted by molar-refractivity contribution is 0.154. The first-order valence-electron chi connectivity index (χ1n) is 4.78. The summed E-state index contributed by atoms with van der Waals surface area (Å²) in [6.07, 6.45) is 3.09. The van der Waals surface area contributed by atoms with Crippen LogP contribution in [0.1, 0.15) is 45.9 Å². The van der Waals surface area contributed by atoms with Crippen LogP contribution >= 0.6 is 11.3 Å². The van der Waals surface area contributed by atoms with Crippen molar-refractivity contribution in [2.75, 3.05) is 0 Å². The smallest absolute Gasteiger partial charge is 0.0889 e. The minimum absolute atomic E-state index is 0.303. The Morgan fingerprint density at radius 3 is 2.69 bits per heavy atom. The number of aliphatic hydroxyl groups excluding tert-OH is 2. The molecule has 70 valence electrons. The standard InChI is InChI=1S/C10H12O2S/c11-6-2-1-5-8-4-3-7(12)10(13-8)9(5)6/h6-7,11-12H,1-4H2. The fraction of sp³-hybridized carbons (Fsp3) is 0.600. The van der Waals surface area contributed by atoms with Crippen LogP contribution in [0.4, 0.5) is 0 Å². The van der Waals surface area contributed by atoms with Crippen LogP contribution in [-0.4, -0.2) is 10.2 Å². The SMILES string of the molecule is OC1CCc2sc1c1c2CCC1O. The number of rotatable bonds is 0. The third-order valence-electron chi connectivity index (χ3n) is 3.11. The lowest BCUT2D eigenvalue weighted by Gasteiger charge is -2.14. The number of aliphatic hydroxyl groups is 2. The Bertz CT molecular complexity index is 356. The van der Waals surface area contributed by atoms with Crippen molar-refractivity contribution in [2.45, 2.75) is 37.9 Å². The molecule has 2 bridgehead atoms. The summed E-state index contributed by atoms with van der Waals surface area (Å²) in [6.45, 7) is 0. The summed E-state index contributed by atoms with van der Waals surface area (Å²) in [4.78, 5) is 2.45. The highest BCUT2D eigenvalue weighted by Gasteiger charge is 2.34. The lowest BCUT2D eigenvalue weighted by atomic mass is 10.1. The third-order valence-corrected chi connectivity index (χ3v) is 4.52. The maximum Gasteiger partial charge on any atom is 0.0889 e. The monoisotopic (exact) mass is 196 g/mol. The Morgan fingerprint density at radius 2 is 1.85 bits per heavy atom. The maximum atomic E-state index is 9.75. The van der Waals surface area contributed by atoms with Gasteiger partial charge in [0.15, 0.2) is 0 Å². The van der Waals surface area contributed by atoms with Gasteiger partial charge in [0.2, 0.25) is 0 Å². The van der Waals surface area contributed by atoms with Gasteiger partial charge in [0, 0.05) is 15.3 Å². The molecule has 1 aromatic heterocycles. The quantitative estimate of drug-likeness (QED) is 0.663. The molecule has 3 heteroatoms. The van der Waals surface area contributed by atoms with Crippen molar-refractivity contribution >= 4 is 11.3 Å². The molecule has 3 rings (SSSR count). The van der Waals surface area contributed by atoms with Crippen LogP contribution in [-0.2, 0) is 12.8 Å². The summed E-state index contributed by atoms with van der Waals surface area (Å²) in [6, 6.07) is 0. The molecule has 0 spiro atoms. The Balaban J connectivity index is 2.22. The van der Waals surface area contributed by atoms with E-state index < -0.39 is 0 Å². The second kappa shape index (κ2) is 2.56. The van der Waals surface area contributed by atoms with Crippen molar-refractivity contribution < 1.29 is 10.2 Å². The molecular weight excluding hydrogens is 184 g/mol.